The number of anilines is 2. The molecule has 0 unspecified atom stereocenters. The van der Waals surface area contributed by atoms with Crippen molar-refractivity contribution in [2.45, 2.75) is 39.8 Å². The minimum atomic E-state index is 0.304. The number of halogens is 1. The number of rotatable bonds is 3. The second-order valence-corrected chi connectivity index (χ2v) is 7.38. The summed E-state index contributed by atoms with van der Waals surface area (Å²) in [7, 11) is 0. The van der Waals surface area contributed by atoms with E-state index < -0.39 is 0 Å². The quantitative estimate of drug-likeness (QED) is 0.458. The summed E-state index contributed by atoms with van der Waals surface area (Å²) in [4.78, 5) is 7.93. The Labute approximate surface area is 186 Å². The highest BCUT2D eigenvalue weighted by atomic mass is 35.5. The van der Waals surface area contributed by atoms with Gasteiger partial charge in [-0.15, -0.1) is 20.4 Å². The van der Waals surface area contributed by atoms with Crippen LogP contribution >= 0.6 is 11.6 Å². The third-order valence-electron chi connectivity index (χ3n) is 3.90. The van der Waals surface area contributed by atoms with Crippen LogP contribution in [0.2, 0.25) is 5.15 Å². The van der Waals surface area contributed by atoms with Gasteiger partial charge in [0.15, 0.2) is 5.82 Å². The highest BCUT2D eigenvalue weighted by Gasteiger charge is 2.10. The van der Waals surface area contributed by atoms with E-state index in [2.05, 4.69) is 58.1 Å². The molecule has 0 bridgehead atoms. The number of aromatic nitrogens is 8. The van der Waals surface area contributed by atoms with Crippen molar-refractivity contribution in [1.82, 2.24) is 39.5 Å². The van der Waals surface area contributed by atoms with Crippen LogP contribution in [0.3, 0.4) is 0 Å². The Kier molecular flexibility index (Phi) is 8.89. The first-order chi connectivity index (χ1) is 14.8. The van der Waals surface area contributed by atoms with Crippen LogP contribution in [-0.4, -0.2) is 39.5 Å². The molecule has 0 radical (unpaired) electrons. The van der Waals surface area contributed by atoms with Crippen molar-refractivity contribution in [3.63, 3.8) is 0 Å². The summed E-state index contributed by atoms with van der Waals surface area (Å²) >= 11 is 5.45. The Hall–Kier alpha value is -3.53. The molecule has 0 aromatic carbocycles. The first kappa shape index (κ1) is 23.7. The minimum Gasteiger partial charge on any atom is -0.384 e. The average molecular weight is 443 g/mol. The second-order valence-electron chi connectivity index (χ2n) is 6.99. The van der Waals surface area contributed by atoms with Crippen LogP contribution in [0.15, 0.2) is 55.4 Å². The Balaban J connectivity index is 0.000000181. The predicted molar refractivity (Wildman–Crippen MR) is 122 cm³/mol. The van der Waals surface area contributed by atoms with Crippen LogP contribution in [0.1, 0.15) is 39.8 Å². The van der Waals surface area contributed by atoms with Gasteiger partial charge in [-0.25, -0.2) is 9.97 Å². The van der Waals surface area contributed by atoms with E-state index in [1.54, 1.807) is 43.2 Å². The SMILES string of the molecule is CC(C)n1cnnc1.CC(C)n1cnnc1-c1cccc(N)n1.Nc1cccc(Cl)n1. The molecule has 0 aliphatic heterocycles. The maximum Gasteiger partial charge on any atom is 0.182 e. The van der Waals surface area contributed by atoms with Gasteiger partial charge >= 0.3 is 0 Å². The normalized spacial score (nSPS) is 10.3. The van der Waals surface area contributed by atoms with E-state index in [9.17, 15) is 0 Å². The third-order valence-corrected chi connectivity index (χ3v) is 4.11. The molecule has 0 aliphatic carbocycles. The molecule has 0 aliphatic rings. The second kappa shape index (κ2) is 11.6. The van der Waals surface area contributed by atoms with E-state index >= 15 is 0 Å². The zero-order valence-electron chi connectivity index (χ0n) is 18.0. The lowest BCUT2D eigenvalue weighted by Gasteiger charge is -2.09. The van der Waals surface area contributed by atoms with E-state index in [1.165, 1.54) is 0 Å². The van der Waals surface area contributed by atoms with E-state index in [1.807, 2.05) is 21.3 Å². The molecular weight excluding hydrogens is 416 g/mol. The van der Waals surface area contributed by atoms with Crippen molar-refractivity contribution in [2.24, 2.45) is 0 Å². The number of hydrogen-bond acceptors (Lipinski definition) is 8. The summed E-state index contributed by atoms with van der Waals surface area (Å²) in [5, 5.41) is 15.7. The van der Waals surface area contributed by atoms with E-state index in [0.717, 1.165) is 11.5 Å². The van der Waals surface area contributed by atoms with Crippen LogP contribution in [0.4, 0.5) is 11.6 Å². The molecule has 0 fully saturated rings. The minimum absolute atomic E-state index is 0.304. The van der Waals surface area contributed by atoms with Crippen molar-refractivity contribution < 1.29 is 0 Å². The van der Waals surface area contributed by atoms with Crippen molar-refractivity contribution in [3.05, 3.63) is 60.5 Å². The first-order valence-corrected chi connectivity index (χ1v) is 10.00. The molecule has 31 heavy (non-hydrogen) atoms. The van der Waals surface area contributed by atoms with E-state index in [-0.39, 0.29) is 0 Å². The topological polar surface area (TPSA) is 139 Å². The van der Waals surface area contributed by atoms with Crippen LogP contribution in [-0.2, 0) is 0 Å². The summed E-state index contributed by atoms with van der Waals surface area (Å²) in [6.45, 7) is 8.31. The van der Waals surface area contributed by atoms with Crippen molar-refractivity contribution in [1.29, 1.82) is 0 Å². The molecule has 11 heteroatoms. The van der Waals surface area contributed by atoms with E-state index in [0.29, 0.717) is 28.9 Å². The molecule has 0 saturated heterocycles. The number of hydrogen-bond donors (Lipinski definition) is 2. The summed E-state index contributed by atoms with van der Waals surface area (Å²) < 4.78 is 3.90. The monoisotopic (exact) mass is 442 g/mol. The molecule has 4 aromatic rings. The van der Waals surface area contributed by atoms with Gasteiger partial charge in [-0.05, 0) is 52.0 Å². The lowest BCUT2D eigenvalue weighted by molar-refractivity contribution is 0.597. The van der Waals surface area contributed by atoms with Crippen LogP contribution in [0.5, 0.6) is 0 Å². The standard InChI is InChI=1S/C10H13N5.C5H5ClN2.C5H9N3/c1-7(2)15-6-12-14-10(15)8-4-3-5-9(11)13-8;6-4-2-1-3-5(7)8-4;1-5(2)8-3-6-7-4-8/h3-7H,1-2H3,(H2,11,13);1-3H,(H2,7,8);3-5H,1-2H3. The summed E-state index contributed by atoms with van der Waals surface area (Å²) in [6.07, 6.45) is 5.13. The Morgan fingerprint density at radius 3 is 1.84 bits per heavy atom. The molecular formula is C20H27ClN10. The zero-order valence-corrected chi connectivity index (χ0v) is 18.7. The molecule has 4 rings (SSSR count). The highest BCUT2D eigenvalue weighted by Crippen LogP contribution is 2.18. The van der Waals surface area contributed by atoms with Crippen LogP contribution < -0.4 is 11.5 Å². The Morgan fingerprint density at radius 2 is 1.39 bits per heavy atom. The smallest absolute Gasteiger partial charge is 0.182 e. The zero-order chi connectivity index (χ0) is 22.8. The van der Waals surface area contributed by atoms with Gasteiger partial charge in [-0.3, -0.25) is 0 Å². The molecule has 0 saturated carbocycles. The Bertz CT molecular complexity index is 1030. The fraction of sp³-hybridized carbons (Fsp3) is 0.300. The van der Waals surface area contributed by atoms with Crippen LogP contribution in [0, 0.1) is 0 Å². The fourth-order valence-corrected chi connectivity index (χ4v) is 2.45. The van der Waals surface area contributed by atoms with Gasteiger partial charge in [0, 0.05) is 12.1 Å². The van der Waals surface area contributed by atoms with Gasteiger partial charge < -0.3 is 20.6 Å². The van der Waals surface area contributed by atoms with Gasteiger partial charge in [-0.2, -0.15) is 0 Å². The number of nitrogen functional groups attached to an aromatic ring is 2. The van der Waals surface area contributed by atoms with Gasteiger partial charge in [0.25, 0.3) is 0 Å². The number of nitrogens with zero attached hydrogens (tertiary/aromatic N) is 8. The molecule has 0 spiro atoms. The predicted octanol–water partition coefficient (Wildman–Crippen LogP) is 3.68. The van der Waals surface area contributed by atoms with E-state index in [4.69, 9.17) is 23.1 Å². The summed E-state index contributed by atoms with van der Waals surface area (Å²) in [6, 6.07) is 11.4. The van der Waals surface area contributed by atoms with Gasteiger partial charge in [0.2, 0.25) is 0 Å². The van der Waals surface area contributed by atoms with Gasteiger partial charge in [0.05, 0.1) is 0 Å². The lowest BCUT2D eigenvalue weighted by atomic mass is 10.3. The van der Waals surface area contributed by atoms with Gasteiger partial charge in [0.1, 0.15) is 41.5 Å². The summed E-state index contributed by atoms with van der Waals surface area (Å²) in [5.74, 6) is 1.70. The van der Waals surface area contributed by atoms with Gasteiger partial charge in [-0.1, -0.05) is 23.7 Å². The third kappa shape index (κ3) is 7.67. The molecule has 10 nitrogen and oxygen atoms in total. The van der Waals surface area contributed by atoms with Crippen molar-refractivity contribution in [3.8, 4) is 11.5 Å². The van der Waals surface area contributed by atoms with Crippen LogP contribution in [0.25, 0.3) is 11.5 Å². The molecule has 0 amide bonds. The highest BCUT2D eigenvalue weighted by molar-refractivity contribution is 6.29. The molecule has 4 heterocycles. The Morgan fingerprint density at radius 1 is 0.774 bits per heavy atom. The average Bonchev–Trinajstić information content (AvgIpc) is 3.41. The maximum atomic E-state index is 5.62. The van der Waals surface area contributed by atoms with Crippen molar-refractivity contribution in [2.75, 3.05) is 11.5 Å². The largest absolute Gasteiger partial charge is 0.384 e. The molecule has 4 N–H and O–H groups in total. The van der Waals surface area contributed by atoms with Crippen molar-refractivity contribution >= 4 is 23.2 Å². The summed E-state index contributed by atoms with van der Waals surface area (Å²) in [5.41, 5.74) is 11.6. The molecule has 164 valence electrons. The molecule has 4 aromatic heterocycles. The maximum absolute atomic E-state index is 5.62. The number of pyridine rings is 2. The fourth-order valence-electron chi connectivity index (χ4n) is 2.28. The molecule has 0 atom stereocenters. The number of nitrogens with two attached hydrogens (primary N) is 2. The first-order valence-electron chi connectivity index (χ1n) is 9.62. The lowest BCUT2D eigenvalue weighted by Crippen LogP contribution is -2.03.